The first-order valence-corrected chi connectivity index (χ1v) is 7.93. The fourth-order valence-corrected chi connectivity index (χ4v) is 3.72. The van der Waals surface area contributed by atoms with Crippen LogP contribution in [-0.4, -0.2) is 12.6 Å². The minimum Gasteiger partial charge on any atom is -0.497 e. The summed E-state index contributed by atoms with van der Waals surface area (Å²) in [6.07, 6.45) is 2.29. The molecule has 3 heteroatoms. The quantitative estimate of drug-likeness (QED) is 0.816. The van der Waals surface area contributed by atoms with Crippen molar-refractivity contribution in [1.82, 2.24) is 0 Å². The molecule has 2 aromatic carbocycles. The fourth-order valence-electron chi connectivity index (χ4n) is 3.72. The van der Waals surface area contributed by atoms with Crippen molar-refractivity contribution in [2.75, 3.05) is 12.4 Å². The zero-order valence-corrected chi connectivity index (χ0v) is 14.0. The molecule has 0 bridgehead atoms. The van der Waals surface area contributed by atoms with Crippen molar-refractivity contribution in [1.29, 1.82) is 0 Å². The molecule has 0 saturated carbocycles. The predicted octanol–water partition coefficient (Wildman–Crippen LogP) is 4.86. The third-order valence-corrected chi connectivity index (χ3v) is 4.59. The van der Waals surface area contributed by atoms with E-state index in [2.05, 4.69) is 50.4 Å². The van der Waals surface area contributed by atoms with Gasteiger partial charge in [-0.2, -0.15) is 0 Å². The van der Waals surface area contributed by atoms with Crippen molar-refractivity contribution in [3.8, 4) is 22.6 Å². The highest BCUT2D eigenvalue weighted by atomic mass is 16.5. The van der Waals surface area contributed by atoms with Gasteiger partial charge in [-0.15, -0.1) is 0 Å². The zero-order valence-electron chi connectivity index (χ0n) is 14.0. The molecule has 0 fully saturated rings. The number of ether oxygens (including phenoxy) is 2. The second kappa shape index (κ2) is 4.79. The molecule has 0 amide bonds. The lowest BCUT2D eigenvalue weighted by Gasteiger charge is -2.34. The first-order chi connectivity index (χ1) is 11.0. The van der Waals surface area contributed by atoms with Crippen molar-refractivity contribution in [2.24, 2.45) is 0 Å². The van der Waals surface area contributed by atoms with Crippen LogP contribution in [0.15, 0.2) is 36.4 Å². The van der Waals surface area contributed by atoms with Crippen molar-refractivity contribution in [3.63, 3.8) is 0 Å². The lowest BCUT2D eigenvalue weighted by Crippen LogP contribution is -2.32. The average molecular weight is 307 g/mol. The van der Waals surface area contributed by atoms with E-state index in [9.17, 15) is 0 Å². The van der Waals surface area contributed by atoms with Crippen LogP contribution in [0.5, 0.6) is 11.5 Å². The first kappa shape index (κ1) is 14.2. The molecule has 0 saturated heterocycles. The Morgan fingerprint density at radius 1 is 1.13 bits per heavy atom. The van der Waals surface area contributed by atoms with Gasteiger partial charge in [-0.25, -0.2) is 0 Å². The maximum absolute atomic E-state index is 6.01. The molecule has 2 heterocycles. The molecular formula is C20H21NO2. The number of hydrogen-bond acceptors (Lipinski definition) is 3. The van der Waals surface area contributed by atoms with Gasteiger partial charge in [0.05, 0.1) is 12.6 Å². The summed E-state index contributed by atoms with van der Waals surface area (Å²) in [5.74, 6) is 1.77. The van der Waals surface area contributed by atoms with Crippen molar-refractivity contribution >= 4 is 11.3 Å². The summed E-state index contributed by atoms with van der Waals surface area (Å²) in [6.45, 7) is 7.17. The molecule has 2 aliphatic rings. The van der Waals surface area contributed by atoms with Crippen molar-refractivity contribution < 1.29 is 9.47 Å². The van der Waals surface area contributed by atoms with Crippen LogP contribution < -0.4 is 14.8 Å². The van der Waals surface area contributed by atoms with Crippen LogP contribution in [0.4, 0.5) is 5.69 Å². The largest absolute Gasteiger partial charge is 0.497 e. The monoisotopic (exact) mass is 307 g/mol. The third kappa shape index (κ3) is 2.19. The summed E-state index contributed by atoms with van der Waals surface area (Å²) in [5, 5.41) is 3.61. The standard InChI is InChI=1S/C20H21NO2/c1-12-10-20(2,3)21-17-7-6-14-15-9-13(22-4)5-8-18(15)23-11-16(14)19(12)17/h5-10,21H,11H2,1-4H3. The molecule has 3 nitrogen and oxygen atoms in total. The van der Waals surface area contributed by atoms with E-state index in [4.69, 9.17) is 9.47 Å². The Hall–Kier alpha value is -2.42. The minimum absolute atomic E-state index is 0.0258. The number of nitrogens with one attached hydrogen (secondary N) is 1. The smallest absolute Gasteiger partial charge is 0.127 e. The summed E-state index contributed by atoms with van der Waals surface area (Å²) in [7, 11) is 1.69. The minimum atomic E-state index is -0.0258. The molecule has 0 atom stereocenters. The Kier molecular flexibility index (Phi) is 2.95. The predicted molar refractivity (Wildman–Crippen MR) is 94.1 cm³/mol. The Morgan fingerprint density at radius 3 is 2.74 bits per heavy atom. The van der Waals surface area contributed by atoms with Crippen LogP contribution in [0.25, 0.3) is 16.7 Å². The Labute approximate surface area is 136 Å². The van der Waals surface area contributed by atoms with E-state index in [1.165, 1.54) is 28.0 Å². The molecule has 0 spiro atoms. The molecule has 1 N–H and O–H groups in total. The van der Waals surface area contributed by atoms with Gasteiger partial charge in [-0.05, 0) is 56.2 Å². The molecule has 118 valence electrons. The van der Waals surface area contributed by atoms with E-state index in [0.29, 0.717) is 6.61 Å². The zero-order chi connectivity index (χ0) is 16.2. The Morgan fingerprint density at radius 2 is 1.96 bits per heavy atom. The molecule has 0 unspecified atom stereocenters. The summed E-state index contributed by atoms with van der Waals surface area (Å²) in [5.41, 5.74) is 7.32. The van der Waals surface area contributed by atoms with Crippen LogP contribution in [0.3, 0.4) is 0 Å². The summed E-state index contributed by atoms with van der Waals surface area (Å²) < 4.78 is 11.4. The van der Waals surface area contributed by atoms with Crippen LogP contribution >= 0.6 is 0 Å². The number of benzene rings is 2. The van der Waals surface area contributed by atoms with E-state index in [-0.39, 0.29) is 5.54 Å². The molecular weight excluding hydrogens is 286 g/mol. The van der Waals surface area contributed by atoms with Gasteiger partial charge in [-0.1, -0.05) is 12.1 Å². The number of hydrogen-bond donors (Lipinski definition) is 1. The van der Waals surface area contributed by atoms with Gasteiger partial charge in [0.1, 0.15) is 18.1 Å². The number of fused-ring (bicyclic) bond motifs is 5. The maximum Gasteiger partial charge on any atom is 0.127 e. The lowest BCUT2D eigenvalue weighted by atomic mass is 9.84. The number of allylic oxidation sites excluding steroid dienone is 1. The fraction of sp³-hybridized carbons (Fsp3) is 0.300. The Bertz CT molecular complexity index is 834. The molecule has 0 aliphatic carbocycles. The highest BCUT2D eigenvalue weighted by molar-refractivity contribution is 5.89. The summed E-state index contributed by atoms with van der Waals surface area (Å²) >= 11 is 0. The summed E-state index contributed by atoms with van der Waals surface area (Å²) in [4.78, 5) is 0. The van der Waals surface area contributed by atoms with Crippen LogP contribution in [0.2, 0.25) is 0 Å². The molecule has 0 aromatic heterocycles. The Balaban J connectivity index is 1.93. The van der Waals surface area contributed by atoms with E-state index >= 15 is 0 Å². The summed E-state index contributed by atoms with van der Waals surface area (Å²) in [6, 6.07) is 10.4. The van der Waals surface area contributed by atoms with Crippen LogP contribution in [0, 0.1) is 0 Å². The van der Waals surface area contributed by atoms with E-state index in [0.717, 1.165) is 17.1 Å². The molecule has 2 aliphatic heterocycles. The average Bonchev–Trinajstić information content (AvgIpc) is 2.52. The van der Waals surface area contributed by atoms with Gasteiger partial charge in [0.2, 0.25) is 0 Å². The topological polar surface area (TPSA) is 30.5 Å². The van der Waals surface area contributed by atoms with E-state index in [1.807, 2.05) is 12.1 Å². The van der Waals surface area contributed by atoms with E-state index in [1.54, 1.807) is 7.11 Å². The maximum atomic E-state index is 6.01. The molecule has 2 aromatic rings. The van der Waals surface area contributed by atoms with Gasteiger partial charge in [-0.3, -0.25) is 0 Å². The second-order valence-corrected chi connectivity index (χ2v) is 6.84. The normalized spacial score (nSPS) is 17.0. The SMILES string of the molecule is COc1ccc2c(c1)-c1ccc3c(c1CO2)C(C)=CC(C)(C)N3. The number of methoxy groups -OCH3 is 1. The van der Waals surface area contributed by atoms with Gasteiger partial charge >= 0.3 is 0 Å². The van der Waals surface area contributed by atoms with Crippen LogP contribution in [-0.2, 0) is 6.61 Å². The third-order valence-electron chi connectivity index (χ3n) is 4.59. The van der Waals surface area contributed by atoms with Gasteiger partial charge in [0.25, 0.3) is 0 Å². The van der Waals surface area contributed by atoms with Gasteiger partial charge in [0, 0.05) is 22.4 Å². The molecule has 4 rings (SSSR count). The van der Waals surface area contributed by atoms with Crippen LogP contribution in [0.1, 0.15) is 31.9 Å². The first-order valence-electron chi connectivity index (χ1n) is 7.93. The highest BCUT2D eigenvalue weighted by Crippen LogP contribution is 2.45. The van der Waals surface area contributed by atoms with Crippen molar-refractivity contribution in [2.45, 2.75) is 32.9 Å². The van der Waals surface area contributed by atoms with Gasteiger partial charge < -0.3 is 14.8 Å². The van der Waals surface area contributed by atoms with E-state index < -0.39 is 0 Å². The second-order valence-electron chi connectivity index (χ2n) is 6.84. The van der Waals surface area contributed by atoms with Gasteiger partial charge in [0.15, 0.2) is 0 Å². The highest BCUT2D eigenvalue weighted by Gasteiger charge is 2.28. The number of anilines is 1. The lowest BCUT2D eigenvalue weighted by molar-refractivity contribution is 0.301. The molecule has 23 heavy (non-hydrogen) atoms. The number of rotatable bonds is 1. The molecule has 0 radical (unpaired) electrons. The van der Waals surface area contributed by atoms with Crippen molar-refractivity contribution in [3.05, 3.63) is 47.5 Å².